The predicted molar refractivity (Wildman–Crippen MR) is 79.6 cm³/mol. The quantitative estimate of drug-likeness (QED) is 0.878. The molecular formula is C15H21N3S. The second-order valence-corrected chi connectivity index (χ2v) is 6.51. The summed E-state index contributed by atoms with van der Waals surface area (Å²) >= 11 is 1.92. The standard InChI is InChI=1S/C15H21N3S/c1-3-14-6-7-15(19-14)10-18-11(2)16-8-13(18)9-17-12-4-5-12/h6-8,12,17H,3-5,9-10H2,1-2H3. The molecule has 19 heavy (non-hydrogen) atoms. The zero-order valence-electron chi connectivity index (χ0n) is 11.6. The fourth-order valence-electron chi connectivity index (χ4n) is 2.26. The minimum atomic E-state index is 0.747. The van der Waals surface area contributed by atoms with E-state index in [4.69, 9.17) is 0 Å². The second-order valence-electron chi connectivity index (χ2n) is 5.26. The third kappa shape index (κ3) is 3.07. The molecule has 0 saturated heterocycles. The number of aryl methyl sites for hydroxylation is 2. The Kier molecular flexibility index (Phi) is 3.71. The molecule has 1 N–H and O–H groups in total. The van der Waals surface area contributed by atoms with E-state index in [1.807, 2.05) is 17.5 Å². The lowest BCUT2D eigenvalue weighted by molar-refractivity contribution is 0.629. The van der Waals surface area contributed by atoms with Crippen LogP contribution in [-0.2, 0) is 19.5 Å². The van der Waals surface area contributed by atoms with Crippen LogP contribution in [0.5, 0.6) is 0 Å². The SMILES string of the molecule is CCc1ccc(Cn2c(CNC3CC3)cnc2C)s1. The highest BCUT2D eigenvalue weighted by Crippen LogP contribution is 2.21. The Balaban J connectivity index is 1.72. The molecule has 1 aliphatic carbocycles. The largest absolute Gasteiger partial charge is 0.326 e. The minimum absolute atomic E-state index is 0.747. The Bertz CT molecular complexity index is 551. The molecule has 3 rings (SSSR count). The van der Waals surface area contributed by atoms with Gasteiger partial charge in [-0.1, -0.05) is 6.92 Å². The van der Waals surface area contributed by atoms with Gasteiger partial charge in [0.2, 0.25) is 0 Å². The Labute approximate surface area is 118 Å². The number of aromatic nitrogens is 2. The molecule has 3 nitrogen and oxygen atoms in total. The van der Waals surface area contributed by atoms with Gasteiger partial charge in [-0.15, -0.1) is 11.3 Å². The van der Waals surface area contributed by atoms with Crippen LogP contribution in [0.2, 0.25) is 0 Å². The summed E-state index contributed by atoms with van der Waals surface area (Å²) in [7, 11) is 0. The molecule has 0 bridgehead atoms. The Hall–Kier alpha value is -1.13. The van der Waals surface area contributed by atoms with Crippen molar-refractivity contribution in [2.24, 2.45) is 0 Å². The number of hydrogen-bond acceptors (Lipinski definition) is 3. The zero-order valence-corrected chi connectivity index (χ0v) is 12.5. The molecule has 0 spiro atoms. The van der Waals surface area contributed by atoms with Gasteiger partial charge in [0.05, 0.1) is 12.2 Å². The molecule has 1 aliphatic rings. The highest BCUT2D eigenvalue weighted by Gasteiger charge is 2.21. The second kappa shape index (κ2) is 5.47. The third-order valence-corrected chi connectivity index (χ3v) is 4.88. The minimum Gasteiger partial charge on any atom is -0.326 e. The fraction of sp³-hybridized carbons (Fsp3) is 0.533. The van der Waals surface area contributed by atoms with E-state index in [0.29, 0.717) is 0 Å². The van der Waals surface area contributed by atoms with E-state index in [2.05, 4.69) is 40.8 Å². The van der Waals surface area contributed by atoms with Crippen LogP contribution in [-0.4, -0.2) is 15.6 Å². The van der Waals surface area contributed by atoms with Gasteiger partial charge in [-0.2, -0.15) is 0 Å². The summed E-state index contributed by atoms with van der Waals surface area (Å²) in [6.45, 7) is 6.20. The number of nitrogens with one attached hydrogen (secondary N) is 1. The van der Waals surface area contributed by atoms with Gasteiger partial charge in [0.25, 0.3) is 0 Å². The first-order chi connectivity index (χ1) is 9.26. The lowest BCUT2D eigenvalue weighted by atomic mass is 10.3. The van der Waals surface area contributed by atoms with Crippen LogP contribution >= 0.6 is 11.3 Å². The molecule has 2 heterocycles. The topological polar surface area (TPSA) is 29.9 Å². The number of nitrogens with zero attached hydrogens (tertiary/aromatic N) is 2. The van der Waals surface area contributed by atoms with Gasteiger partial charge in [0, 0.05) is 28.5 Å². The summed E-state index contributed by atoms with van der Waals surface area (Å²) in [4.78, 5) is 7.35. The van der Waals surface area contributed by atoms with Gasteiger partial charge in [-0.05, 0) is 38.3 Å². The van der Waals surface area contributed by atoms with E-state index in [0.717, 1.165) is 31.4 Å². The average molecular weight is 275 g/mol. The maximum absolute atomic E-state index is 4.47. The first-order valence-electron chi connectivity index (χ1n) is 7.08. The fourth-order valence-corrected chi connectivity index (χ4v) is 3.21. The third-order valence-electron chi connectivity index (χ3n) is 3.67. The van der Waals surface area contributed by atoms with Crippen molar-refractivity contribution in [1.82, 2.24) is 14.9 Å². The van der Waals surface area contributed by atoms with Crippen molar-refractivity contribution < 1.29 is 0 Å². The van der Waals surface area contributed by atoms with E-state index < -0.39 is 0 Å². The number of hydrogen-bond donors (Lipinski definition) is 1. The first-order valence-corrected chi connectivity index (χ1v) is 7.90. The van der Waals surface area contributed by atoms with E-state index in [9.17, 15) is 0 Å². The highest BCUT2D eigenvalue weighted by atomic mass is 32.1. The van der Waals surface area contributed by atoms with Gasteiger partial charge < -0.3 is 9.88 Å². The van der Waals surface area contributed by atoms with Crippen molar-refractivity contribution in [3.63, 3.8) is 0 Å². The normalized spacial score (nSPS) is 15.1. The Morgan fingerprint density at radius 3 is 2.84 bits per heavy atom. The molecule has 1 saturated carbocycles. The Morgan fingerprint density at radius 1 is 1.37 bits per heavy atom. The van der Waals surface area contributed by atoms with Gasteiger partial charge in [0.15, 0.2) is 0 Å². The summed E-state index contributed by atoms with van der Waals surface area (Å²) in [6, 6.07) is 5.24. The van der Waals surface area contributed by atoms with Crippen LogP contribution in [0.25, 0.3) is 0 Å². The van der Waals surface area contributed by atoms with Gasteiger partial charge in [0.1, 0.15) is 5.82 Å². The lowest BCUT2D eigenvalue weighted by Crippen LogP contribution is -2.18. The molecule has 0 amide bonds. The molecule has 102 valence electrons. The maximum Gasteiger partial charge on any atom is 0.106 e. The van der Waals surface area contributed by atoms with Crippen molar-refractivity contribution in [3.8, 4) is 0 Å². The molecule has 2 aromatic heterocycles. The van der Waals surface area contributed by atoms with Crippen molar-refractivity contribution in [3.05, 3.63) is 39.6 Å². The lowest BCUT2D eigenvalue weighted by Gasteiger charge is -2.09. The molecule has 2 aromatic rings. The van der Waals surface area contributed by atoms with Crippen LogP contribution in [0.4, 0.5) is 0 Å². The van der Waals surface area contributed by atoms with E-state index in [1.54, 1.807) is 0 Å². The molecular weight excluding hydrogens is 254 g/mol. The molecule has 0 atom stereocenters. The van der Waals surface area contributed by atoms with Gasteiger partial charge in [-0.25, -0.2) is 4.98 Å². The summed E-state index contributed by atoms with van der Waals surface area (Å²) in [6.07, 6.45) is 5.80. The summed E-state index contributed by atoms with van der Waals surface area (Å²) in [5.41, 5.74) is 1.30. The van der Waals surface area contributed by atoms with Crippen molar-refractivity contribution in [2.45, 2.75) is 52.2 Å². The highest BCUT2D eigenvalue weighted by molar-refractivity contribution is 7.11. The van der Waals surface area contributed by atoms with Crippen LogP contribution in [0, 0.1) is 6.92 Å². The first kappa shape index (κ1) is 12.9. The maximum atomic E-state index is 4.47. The van der Waals surface area contributed by atoms with Crippen LogP contribution < -0.4 is 5.32 Å². The van der Waals surface area contributed by atoms with E-state index in [-0.39, 0.29) is 0 Å². The smallest absolute Gasteiger partial charge is 0.106 e. The molecule has 0 aromatic carbocycles. The van der Waals surface area contributed by atoms with E-state index >= 15 is 0 Å². The number of imidazole rings is 1. The molecule has 0 aliphatic heterocycles. The summed E-state index contributed by atoms with van der Waals surface area (Å²) < 4.78 is 2.33. The molecule has 1 fully saturated rings. The van der Waals surface area contributed by atoms with Gasteiger partial charge in [-0.3, -0.25) is 0 Å². The monoisotopic (exact) mass is 275 g/mol. The van der Waals surface area contributed by atoms with Crippen molar-refractivity contribution in [1.29, 1.82) is 0 Å². The van der Waals surface area contributed by atoms with Crippen molar-refractivity contribution >= 4 is 11.3 Å². The number of rotatable bonds is 6. The molecule has 0 unspecified atom stereocenters. The number of thiophene rings is 1. The summed E-state index contributed by atoms with van der Waals surface area (Å²) in [5, 5.41) is 3.57. The Morgan fingerprint density at radius 2 is 2.16 bits per heavy atom. The molecule has 4 heteroatoms. The predicted octanol–water partition coefficient (Wildman–Crippen LogP) is 3.12. The van der Waals surface area contributed by atoms with Crippen LogP contribution in [0.15, 0.2) is 18.3 Å². The van der Waals surface area contributed by atoms with Crippen LogP contribution in [0.3, 0.4) is 0 Å². The summed E-state index contributed by atoms with van der Waals surface area (Å²) in [5.74, 6) is 1.11. The van der Waals surface area contributed by atoms with Crippen LogP contribution in [0.1, 0.15) is 41.0 Å². The molecule has 0 radical (unpaired) electrons. The zero-order chi connectivity index (χ0) is 13.2. The van der Waals surface area contributed by atoms with Gasteiger partial charge >= 0.3 is 0 Å². The average Bonchev–Trinajstić information content (AvgIpc) is 3.03. The van der Waals surface area contributed by atoms with Crippen molar-refractivity contribution in [2.75, 3.05) is 0 Å². The van der Waals surface area contributed by atoms with E-state index in [1.165, 1.54) is 28.3 Å².